The lowest BCUT2D eigenvalue weighted by Crippen LogP contribution is -1.86. The van der Waals surface area contributed by atoms with Crippen LogP contribution in [0.4, 0.5) is 0 Å². The Hall–Kier alpha value is -1.15. The molecule has 0 atom stereocenters. The Balaban J connectivity index is 2.94. The van der Waals surface area contributed by atoms with Crippen LogP contribution in [0, 0.1) is 6.92 Å². The molecule has 1 aromatic heterocycles. The molecule has 1 heterocycles. The number of aryl methyl sites for hydroxylation is 1. The van der Waals surface area contributed by atoms with Crippen LogP contribution in [-0.4, -0.2) is 9.97 Å². The van der Waals surface area contributed by atoms with Crippen LogP contribution in [-0.2, 0) is 0 Å². The summed E-state index contributed by atoms with van der Waals surface area (Å²) in [5.41, 5.74) is 1.79. The summed E-state index contributed by atoms with van der Waals surface area (Å²) in [6, 6.07) is 5.70. The molecule has 3 heteroatoms. The Morgan fingerprint density at radius 3 is 2.83 bits per heavy atom. The topological polar surface area (TPSA) is 25.8 Å². The number of benzene rings is 1. The largest absolute Gasteiger partial charge is 0.241 e. The zero-order chi connectivity index (χ0) is 8.55. The zero-order valence-electron chi connectivity index (χ0n) is 6.58. The highest BCUT2D eigenvalue weighted by Gasteiger charge is 2.01. The fraction of sp³-hybridized carbons (Fsp3) is 0.111. The molecule has 0 aliphatic carbocycles. The third kappa shape index (κ3) is 1.04. The maximum Gasteiger partial charge on any atom is 0.116 e. The molecule has 0 radical (unpaired) electrons. The summed E-state index contributed by atoms with van der Waals surface area (Å²) in [6.07, 6.45) is 1.53. The summed E-state index contributed by atoms with van der Waals surface area (Å²) in [5, 5.41) is 1.70. The van der Waals surface area contributed by atoms with Crippen LogP contribution < -0.4 is 0 Å². The van der Waals surface area contributed by atoms with E-state index in [0.717, 1.165) is 16.6 Å². The smallest absolute Gasteiger partial charge is 0.116 e. The van der Waals surface area contributed by atoms with Crippen LogP contribution in [0.15, 0.2) is 24.5 Å². The van der Waals surface area contributed by atoms with Gasteiger partial charge in [-0.05, 0) is 13.0 Å². The van der Waals surface area contributed by atoms with E-state index in [-0.39, 0.29) is 0 Å². The lowest BCUT2D eigenvalue weighted by molar-refractivity contribution is 1.15. The fourth-order valence-corrected chi connectivity index (χ4v) is 1.40. The van der Waals surface area contributed by atoms with E-state index >= 15 is 0 Å². The van der Waals surface area contributed by atoms with Crippen molar-refractivity contribution in [3.63, 3.8) is 0 Å². The van der Waals surface area contributed by atoms with E-state index in [4.69, 9.17) is 11.6 Å². The zero-order valence-corrected chi connectivity index (χ0v) is 7.34. The molecule has 1 aromatic carbocycles. The Morgan fingerprint density at radius 1 is 1.25 bits per heavy atom. The molecule has 0 fully saturated rings. The Kier molecular flexibility index (Phi) is 1.70. The van der Waals surface area contributed by atoms with E-state index in [1.807, 2.05) is 25.1 Å². The van der Waals surface area contributed by atoms with Crippen LogP contribution in [0.5, 0.6) is 0 Å². The van der Waals surface area contributed by atoms with Crippen LogP contribution in [0.25, 0.3) is 10.9 Å². The average Bonchev–Trinajstić information content (AvgIpc) is 2.07. The molecule has 0 bridgehead atoms. The first-order valence-corrected chi connectivity index (χ1v) is 4.02. The fourth-order valence-electron chi connectivity index (χ4n) is 1.18. The number of hydrogen-bond acceptors (Lipinski definition) is 2. The maximum atomic E-state index is 5.94. The third-order valence-electron chi connectivity index (χ3n) is 1.81. The molecular weight excluding hydrogens is 172 g/mol. The van der Waals surface area contributed by atoms with E-state index < -0.39 is 0 Å². The number of halogens is 1. The number of nitrogens with zero attached hydrogens (tertiary/aromatic N) is 2. The molecule has 0 aliphatic rings. The van der Waals surface area contributed by atoms with E-state index in [2.05, 4.69) is 9.97 Å². The van der Waals surface area contributed by atoms with Gasteiger partial charge in [-0.1, -0.05) is 23.7 Å². The summed E-state index contributed by atoms with van der Waals surface area (Å²) in [6.45, 7) is 1.94. The van der Waals surface area contributed by atoms with Gasteiger partial charge in [0.2, 0.25) is 0 Å². The van der Waals surface area contributed by atoms with Gasteiger partial charge in [0, 0.05) is 11.1 Å². The Labute approximate surface area is 75.2 Å². The number of aromatic nitrogens is 2. The second-order valence-corrected chi connectivity index (χ2v) is 3.00. The summed E-state index contributed by atoms with van der Waals surface area (Å²) < 4.78 is 0. The van der Waals surface area contributed by atoms with Crippen LogP contribution in [0.1, 0.15) is 5.69 Å². The van der Waals surface area contributed by atoms with Gasteiger partial charge in [0.05, 0.1) is 10.5 Å². The first-order chi connectivity index (χ1) is 5.79. The van der Waals surface area contributed by atoms with E-state index in [1.54, 1.807) is 0 Å². The molecule has 0 aliphatic heterocycles. The highest BCUT2D eigenvalue weighted by molar-refractivity contribution is 6.35. The van der Waals surface area contributed by atoms with Crippen molar-refractivity contribution in [2.75, 3.05) is 0 Å². The van der Waals surface area contributed by atoms with Gasteiger partial charge in [-0.15, -0.1) is 0 Å². The maximum absolute atomic E-state index is 5.94. The molecule has 60 valence electrons. The van der Waals surface area contributed by atoms with Crippen LogP contribution in [0.3, 0.4) is 0 Å². The van der Waals surface area contributed by atoms with E-state index in [1.165, 1.54) is 6.33 Å². The lowest BCUT2D eigenvalue weighted by atomic mass is 10.2. The van der Waals surface area contributed by atoms with Crippen molar-refractivity contribution >= 4 is 22.5 Å². The third-order valence-corrected chi connectivity index (χ3v) is 2.12. The van der Waals surface area contributed by atoms with Crippen molar-refractivity contribution in [2.24, 2.45) is 0 Å². The van der Waals surface area contributed by atoms with E-state index in [9.17, 15) is 0 Å². The van der Waals surface area contributed by atoms with Gasteiger partial charge in [0.25, 0.3) is 0 Å². The Bertz CT molecular complexity index is 385. The lowest BCUT2D eigenvalue weighted by Gasteiger charge is -2.00. The normalized spacial score (nSPS) is 10.5. The van der Waals surface area contributed by atoms with Crippen molar-refractivity contribution in [3.8, 4) is 0 Å². The quantitative estimate of drug-likeness (QED) is 0.620. The number of para-hydroxylation sites is 1. The number of rotatable bonds is 0. The van der Waals surface area contributed by atoms with Crippen LogP contribution >= 0.6 is 11.6 Å². The molecule has 0 amide bonds. The Morgan fingerprint density at radius 2 is 2.08 bits per heavy atom. The molecule has 0 N–H and O–H groups in total. The van der Waals surface area contributed by atoms with Gasteiger partial charge >= 0.3 is 0 Å². The van der Waals surface area contributed by atoms with Gasteiger partial charge in [-0.25, -0.2) is 9.97 Å². The van der Waals surface area contributed by atoms with E-state index in [0.29, 0.717) is 5.02 Å². The first kappa shape index (κ1) is 7.50. The van der Waals surface area contributed by atoms with Crippen molar-refractivity contribution < 1.29 is 0 Å². The van der Waals surface area contributed by atoms with Crippen molar-refractivity contribution in [3.05, 3.63) is 35.2 Å². The predicted octanol–water partition coefficient (Wildman–Crippen LogP) is 2.59. The molecule has 0 spiro atoms. The summed E-state index contributed by atoms with van der Waals surface area (Å²) in [4.78, 5) is 8.18. The molecule has 12 heavy (non-hydrogen) atoms. The molecule has 0 saturated heterocycles. The highest BCUT2D eigenvalue weighted by atomic mass is 35.5. The molecule has 2 aromatic rings. The van der Waals surface area contributed by atoms with Crippen molar-refractivity contribution in [1.29, 1.82) is 0 Å². The van der Waals surface area contributed by atoms with Gasteiger partial charge in [0.15, 0.2) is 0 Å². The average molecular weight is 179 g/mol. The number of hydrogen-bond donors (Lipinski definition) is 0. The molecule has 0 saturated carbocycles. The van der Waals surface area contributed by atoms with Gasteiger partial charge in [0.1, 0.15) is 6.33 Å². The van der Waals surface area contributed by atoms with Crippen molar-refractivity contribution in [2.45, 2.75) is 6.92 Å². The monoisotopic (exact) mass is 178 g/mol. The van der Waals surface area contributed by atoms with Crippen LogP contribution in [0.2, 0.25) is 5.02 Å². The second kappa shape index (κ2) is 2.72. The molecule has 0 unspecified atom stereocenters. The summed E-state index contributed by atoms with van der Waals surface area (Å²) in [5.74, 6) is 0. The standard InChI is InChI=1S/C9H7ClN2/c1-6-7-3-2-4-8(10)9(7)12-5-11-6/h2-5H,1H3. The first-order valence-electron chi connectivity index (χ1n) is 3.65. The predicted molar refractivity (Wildman–Crippen MR) is 49.3 cm³/mol. The summed E-state index contributed by atoms with van der Waals surface area (Å²) in [7, 11) is 0. The second-order valence-electron chi connectivity index (χ2n) is 2.60. The minimum absolute atomic E-state index is 0.679. The number of fused-ring (bicyclic) bond motifs is 1. The van der Waals surface area contributed by atoms with Gasteiger partial charge in [-0.2, -0.15) is 0 Å². The minimum atomic E-state index is 0.679. The molecule has 2 rings (SSSR count). The molecule has 2 nitrogen and oxygen atoms in total. The summed E-state index contributed by atoms with van der Waals surface area (Å²) >= 11 is 5.94. The molecular formula is C9H7ClN2. The van der Waals surface area contributed by atoms with Gasteiger partial charge < -0.3 is 0 Å². The highest BCUT2D eigenvalue weighted by Crippen LogP contribution is 2.21. The van der Waals surface area contributed by atoms with Crippen molar-refractivity contribution in [1.82, 2.24) is 9.97 Å². The minimum Gasteiger partial charge on any atom is -0.241 e. The SMILES string of the molecule is Cc1ncnc2c(Cl)cccc12. The van der Waals surface area contributed by atoms with Gasteiger partial charge in [-0.3, -0.25) is 0 Å².